The Bertz CT molecular complexity index is 1310. The molecule has 0 spiro atoms. The topological polar surface area (TPSA) is 74.6 Å². The SMILES string of the molecule is Cc1ccc(OCc2nc3ccccc3n2CC(=O)N[C@@H](C)c2ccc3c(c2)OCCO3)cc1. The fraction of sp³-hybridized carbons (Fsp3) is 0.259. The molecule has 1 aliphatic rings. The van der Waals surface area contributed by atoms with Crippen LogP contribution in [0.25, 0.3) is 11.0 Å². The molecule has 0 saturated carbocycles. The number of carbonyl (C=O) groups is 1. The molecule has 5 rings (SSSR count). The van der Waals surface area contributed by atoms with E-state index in [1.807, 2.05) is 85.1 Å². The predicted molar refractivity (Wildman–Crippen MR) is 129 cm³/mol. The third-order valence-electron chi connectivity index (χ3n) is 5.87. The monoisotopic (exact) mass is 457 g/mol. The van der Waals surface area contributed by atoms with Crippen LogP contribution < -0.4 is 19.5 Å². The molecule has 1 aliphatic heterocycles. The Kier molecular flexibility index (Phi) is 6.08. The van der Waals surface area contributed by atoms with Crippen molar-refractivity contribution in [2.75, 3.05) is 13.2 Å². The maximum absolute atomic E-state index is 13.0. The quantitative estimate of drug-likeness (QED) is 0.440. The smallest absolute Gasteiger partial charge is 0.240 e. The number of fused-ring (bicyclic) bond motifs is 2. The average Bonchev–Trinajstić information content (AvgIpc) is 3.20. The Balaban J connectivity index is 1.31. The summed E-state index contributed by atoms with van der Waals surface area (Å²) in [6, 6.07) is 21.2. The van der Waals surface area contributed by atoms with Gasteiger partial charge in [0, 0.05) is 0 Å². The molecule has 34 heavy (non-hydrogen) atoms. The minimum atomic E-state index is -0.189. The molecule has 0 radical (unpaired) electrons. The van der Waals surface area contributed by atoms with Crippen molar-refractivity contribution in [3.8, 4) is 17.2 Å². The van der Waals surface area contributed by atoms with Crippen LogP contribution in [0.2, 0.25) is 0 Å². The first-order valence-corrected chi connectivity index (χ1v) is 11.4. The van der Waals surface area contributed by atoms with Crippen molar-refractivity contribution < 1.29 is 19.0 Å². The highest BCUT2D eigenvalue weighted by atomic mass is 16.6. The minimum absolute atomic E-state index is 0.109. The number of rotatable bonds is 7. The lowest BCUT2D eigenvalue weighted by molar-refractivity contribution is -0.122. The van der Waals surface area contributed by atoms with Crippen LogP contribution in [0.3, 0.4) is 0 Å². The molecule has 0 unspecified atom stereocenters. The van der Waals surface area contributed by atoms with Gasteiger partial charge in [-0.25, -0.2) is 4.98 Å². The normalized spacial score (nSPS) is 13.5. The van der Waals surface area contributed by atoms with E-state index in [1.165, 1.54) is 5.56 Å². The molecular weight excluding hydrogens is 430 g/mol. The lowest BCUT2D eigenvalue weighted by Crippen LogP contribution is -2.30. The molecule has 174 valence electrons. The van der Waals surface area contributed by atoms with Gasteiger partial charge < -0.3 is 24.1 Å². The zero-order valence-corrected chi connectivity index (χ0v) is 19.3. The number of carbonyl (C=O) groups excluding carboxylic acids is 1. The molecule has 0 saturated heterocycles. The number of aromatic nitrogens is 2. The number of ether oxygens (including phenoxy) is 3. The molecule has 4 aromatic rings. The van der Waals surface area contributed by atoms with Crippen LogP contribution in [-0.2, 0) is 17.9 Å². The molecule has 1 N–H and O–H groups in total. The molecule has 0 fully saturated rings. The van der Waals surface area contributed by atoms with Crippen LogP contribution >= 0.6 is 0 Å². The number of hydrogen-bond donors (Lipinski definition) is 1. The summed E-state index contributed by atoms with van der Waals surface area (Å²) in [5.74, 6) is 2.80. The van der Waals surface area contributed by atoms with E-state index in [0.29, 0.717) is 24.8 Å². The van der Waals surface area contributed by atoms with Crippen LogP contribution in [0, 0.1) is 6.92 Å². The van der Waals surface area contributed by atoms with Crippen molar-refractivity contribution in [3.63, 3.8) is 0 Å². The fourth-order valence-corrected chi connectivity index (χ4v) is 4.04. The standard InChI is InChI=1S/C27H27N3O4/c1-18-7-10-21(11-8-18)34-17-26-29-22-5-3-4-6-23(22)30(26)16-27(31)28-19(2)20-9-12-24-25(15-20)33-14-13-32-24/h3-12,15,19H,13-14,16-17H2,1-2H3,(H,28,31)/t19-/m0/s1. The van der Waals surface area contributed by atoms with Gasteiger partial charge in [0.25, 0.3) is 0 Å². The highest BCUT2D eigenvalue weighted by Crippen LogP contribution is 2.32. The summed E-state index contributed by atoms with van der Waals surface area (Å²) in [5.41, 5.74) is 3.85. The Morgan fingerprint density at radius 1 is 1.06 bits per heavy atom. The minimum Gasteiger partial charge on any atom is -0.486 e. The second kappa shape index (κ2) is 9.47. The summed E-state index contributed by atoms with van der Waals surface area (Å²) in [6.07, 6.45) is 0. The van der Waals surface area contributed by atoms with Crippen molar-refractivity contribution >= 4 is 16.9 Å². The van der Waals surface area contributed by atoms with E-state index in [1.54, 1.807) is 0 Å². The van der Waals surface area contributed by atoms with E-state index in [0.717, 1.165) is 28.1 Å². The molecule has 1 atom stereocenters. The number of para-hydroxylation sites is 2. The molecule has 0 aliphatic carbocycles. The van der Waals surface area contributed by atoms with Gasteiger partial charge in [-0.05, 0) is 55.8 Å². The van der Waals surface area contributed by atoms with Gasteiger partial charge in [-0.2, -0.15) is 0 Å². The van der Waals surface area contributed by atoms with E-state index >= 15 is 0 Å². The van der Waals surface area contributed by atoms with Gasteiger partial charge >= 0.3 is 0 Å². The predicted octanol–water partition coefficient (Wildman–Crippen LogP) is 4.57. The van der Waals surface area contributed by atoms with Gasteiger partial charge in [-0.1, -0.05) is 35.9 Å². The highest BCUT2D eigenvalue weighted by molar-refractivity contribution is 5.81. The van der Waals surface area contributed by atoms with Crippen LogP contribution in [0.4, 0.5) is 0 Å². The third kappa shape index (κ3) is 4.69. The number of amides is 1. The summed E-state index contributed by atoms with van der Waals surface area (Å²) >= 11 is 0. The van der Waals surface area contributed by atoms with Crippen LogP contribution in [-0.4, -0.2) is 28.7 Å². The van der Waals surface area contributed by atoms with Crippen LogP contribution in [0.15, 0.2) is 66.7 Å². The molecule has 1 aromatic heterocycles. The lowest BCUT2D eigenvalue weighted by atomic mass is 10.1. The number of hydrogen-bond acceptors (Lipinski definition) is 5. The fourth-order valence-electron chi connectivity index (χ4n) is 4.04. The molecule has 3 aromatic carbocycles. The summed E-state index contributed by atoms with van der Waals surface area (Å²) in [4.78, 5) is 17.7. The van der Waals surface area contributed by atoms with E-state index in [2.05, 4.69) is 5.32 Å². The van der Waals surface area contributed by atoms with E-state index in [4.69, 9.17) is 19.2 Å². The second-order valence-electron chi connectivity index (χ2n) is 8.40. The lowest BCUT2D eigenvalue weighted by Gasteiger charge is -2.21. The maximum Gasteiger partial charge on any atom is 0.240 e. The third-order valence-corrected chi connectivity index (χ3v) is 5.87. The first kappa shape index (κ1) is 21.8. The van der Waals surface area contributed by atoms with Crippen molar-refractivity contribution in [1.29, 1.82) is 0 Å². The first-order valence-electron chi connectivity index (χ1n) is 11.4. The first-order chi connectivity index (χ1) is 16.6. The highest BCUT2D eigenvalue weighted by Gasteiger charge is 2.18. The van der Waals surface area contributed by atoms with Crippen LogP contribution in [0.5, 0.6) is 17.2 Å². The van der Waals surface area contributed by atoms with Crippen molar-refractivity contribution in [1.82, 2.24) is 14.9 Å². The summed E-state index contributed by atoms with van der Waals surface area (Å²) < 4.78 is 19.1. The number of nitrogens with one attached hydrogen (secondary N) is 1. The zero-order chi connectivity index (χ0) is 23.5. The number of benzene rings is 3. The largest absolute Gasteiger partial charge is 0.486 e. The number of aryl methyl sites for hydroxylation is 1. The molecule has 0 bridgehead atoms. The number of nitrogens with zero attached hydrogens (tertiary/aromatic N) is 2. The zero-order valence-electron chi connectivity index (χ0n) is 19.3. The van der Waals surface area contributed by atoms with E-state index in [-0.39, 0.29) is 25.1 Å². The van der Waals surface area contributed by atoms with Gasteiger partial charge in [0.05, 0.1) is 17.1 Å². The van der Waals surface area contributed by atoms with Crippen molar-refractivity contribution in [2.45, 2.75) is 33.0 Å². The number of imidazole rings is 1. The van der Waals surface area contributed by atoms with Crippen molar-refractivity contribution in [3.05, 3.63) is 83.7 Å². The van der Waals surface area contributed by atoms with Crippen LogP contribution in [0.1, 0.15) is 29.9 Å². The Morgan fingerprint density at radius 2 is 1.82 bits per heavy atom. The summed E-state index contributed by atoms with van der Waals surface area (Å²) in [7, 11) is 0. The van der Waals surface area contributed by atoms with Gasteiger partial charge in [0.2, 0.25) is 5.91 Å². The van der Waals surface area contributed by atoms with Crippen molar-refractivity contribution in [2.24, 2.45) is 0 Å². The summed E-state index contributed by atoms with van der Waals surface area (Å²) in [5, 5.41) is 3.09. The Morgan fingerprint density at radius 3 is 2.65 bits per heavy atom. The van der Waals surface area contributed by atoms with Gasteiger partial charge in [0.15, 0.2) is 11.5 Å². The molecule has 7 heteroatoms. The average molecular weight is 458 g/mol. The molecule has 7 nitrogen and oxygen atoms in total. The van der Waals surface area contributed by atoms with Gasteiger partial charge in [-0.15, -0.1) is 0 Å². The van der Waals surface area contributed by atoms with E-state index < -0.39 is 0 Å². The molecule has 2 heterocycles. The Labute approximate surface area is 198 Å². The maximum atomic E-state index is 13.0. The second-order valence-corrected chi connectivity index (χ2v) is 8.40. The van der Waals surface area contributed by atoms with E-state index in [9.17, 15) is 4.79 Å². The van der Waals surface area contributed by atoms with Gasteiger partial charge in [0.1, 0.15) is 37.9 Å². The Hall–Kier alpha value is -4.00. The molecular formula is C27H27N3O4. The summed E-state index contributed by atoms with van der Waals surface area (Å²) in [6.45, 7) is 5.47. The molecule has 1 amide bonds. The van der Waals surface area contributed by atoms with Gasteiger partial charge in [-0.3, -0.25) is 4.79 Å².